The average molecular weight is 179 g/mol. The Bertz CT molecular complexity index is 268. The Morgan fingerprint density at radius 2 is 2.33 bits per heavy atom. The number of nitrogens with zero attached hydrogens (tertiary/aromatic N) is 1. The van der Waals surface area contributed by atoms with Crippen molar-refractivity contribution in [3.05, 3.63) is 23.9 Å². The molecule has 12 heavy (non-hydrogen) atoms. The molecule has 0 unspecified atom stereocenters. The summed E-state index contributed by atoms with van der Waals surface area (Å²) >= 11 is 1.95. The molecular formula is C10H13NS. The molecule has 1 heterocycles. The van der Waals surface area contributed by atoms with Gasteiger partial charge in [-0.25, -0.2) is 4.98 Å². The zero-order chi connectivity index (χ0) is 8.39. The van der Waals surface area contributed by atoms with Gasteiger partial charge < -0.3 is 0 Å². The second-order valence-electron chi connectivity index (χ2n) is 3.30. The summed E-state index contributed by atoms with van der Waals surface area (Å²) in [4.78, 5) is 4.36. The van der Waals surface area contributed by atoms with E-state index in [1.807, 2.05) is 24.0 Å². The Morgan fingerprint density at radius 3 is 2.92 bits per heavy atom. The van der Waals surface area contributed by atoms with E-state index in [0.29, 0.717) is 0 Å². The number of hydrogen-bond donors (Lipinski definition) is 0. The van der Waals surface area contributed by atoms with Gasteiger partial charge in [0.1, 0.15) is 0 Å². The minimum Gasteiger partial charge on any atom is -0.250 e. The number of aryl methyl sites for hydroxylation is 1. The minimum atomic E-state index is 0.846. The highest BCUT2D eigenvalue weighted by Gasteiger charge is 2.19. The van der Waals surface area contributed by atoms with E-state index in [-0.39, 0.29) is 0 Å². The summed E-state index contributed by atoms with van der Waals surface area (Å²) in [6.45, 7) is 2.13. The summed E-state index contributed by atoms with van der Waals surface area (Å²) in [7, 11) is 0. The van der Waals surface area contributed by atoms with Gasteiger partial charge in [-0.3, -0.25) is 0 Å². The molecule has 0 atom stereocenters. The van der Waals surface area contributed by atoms with Crippen molar-refractivity contribution in [2.75, 3.05) is 0 Å². The maximum atomic E-state index is 4.36. The van der Waals surface area contributed by atoms with Gasteiger partial charge in [-0.05, 0) is 31.4 Å². The Kier molecular flexibility index (Phi) is 2.35. The van der Waals surface area contributed by atoms with E-state index in [9.17, 15) is 0 Å². The lowest BCUT2D eigenvalue weighted by Gasteiger charge is -2.24. The molecule has 1 nitrogen and oxygen atoms in total. The Hall–Kier alpha value is -0.500. The first-order chi connectivity index (χ1) is 5.86. The minimum absolute atomic E-state index is 0.846. The van der Waals surface area contributed by atoms with Gasteiger partial charge >= 0.3 is 0 Å². The highest BCUT2D eigenvalue weighted by Crippen LogP contribution is 2.36. The molecule has 0 aromatic carbocycles. The van der Waals surface area contributed by atoms with Crippen LogP contribution in [0, 0.1) is 6.92 Å². The topological polar surface area (TPSA) is 12.9 Å². The fraction of sp³-hybridized carbons (Fsp3) is 0.500. The summed E-state index contributed by atoms with van der Waals surface area (Å²) in [6.07, 6.45) is 6.04. The van der Waals surface area contributed by atoms with Crippen LogP contribution in [-0.4, -0.2) is 10.2 Å². The van der Waals surface area contributed by atoms with E-state index < -0.39 is 0 Å². The number of rotatable bonds is 2. The Balaban J connectivity index is 2.06. The van der Waals surface area contributed by atoms with E-state index >= 15 is 0 Å². The van der Waals surface area contributed by atoms with E-state index in [1.54, 1.807) is 0 Å². The first-order valence-corrected chi connectivity index (χ1v) is 5.32. The first kappa shape index (κ1) is 8.11. The maximum Gasteiger partial charge on any atom is 0.0991 e. The molecule has 1 saturated carbocycles. The van der Waals surface area contributed by atoms with E-state index in [0.717, 1.165) is 5.25 Å². The molecule has 64 valence electrons. The highest BCUT2D eigenvalue weighted by atomic mass is 32.2. The maximum absolute atomic E-state index is 4.36. The second kappa shape index (κ2) is 3.48. The molecule has 0 amide bonds. The van der Waals surface area contributed by atoms with Crippen molar-refractivity contribution in [1.29, 1.82) is 0 Å². The van der Waals surface area contributed by atoms with Crippen LogP contribution in [0.3, 0.4) is 0 Å². The van der Waals surface area contributed by atoms with Crippen LogP contribution in [0.2, 0.25) is 0 Å². The third-order valence-electron chi connectivity index (χ3n) is 2.29. The van der Waals surface area contributed by atoms with E-state index in [4.69, 9.17) is 0 Å². The van der Waals surface area contributed by atoms with Gasteiger partial charge in [0.2, 0.25) is 0 Å². The van der Waals surface area contributed by atoms with Crippen LogP contribution < -0.4 is 0 Å². The molecule has 1 aromatic rings. The molecule has 1 aromatic heterocycles. The van der Waals surface area contributed by atoms with Crippen LogP contribution in [0.5, 0.6) is 0 Å². The van der Waals surface area contributed by atoms with Crippen molar-refractivity contribution >= 4 is 11.8 Å². The van der Waals surface area contributed by atoms with Crippen molar-refractivity contribution in [2.24, 2.45) is 0 Å². The molecule has 0 spiro atoms. The highest BCUT2D eigenvalue weighted by molar-refractivity contribution is 8.00. The first-order valence-electron chi connectivity index (χ1n) is 4.44. The molecule has 0 aliphatic heterocycles. The van der Waals surface area contributed by atoms with Crippen LogP contribution in [0.4, 0.5) is 0 Å². The van der Waals surface area contributed by atoms with Gasteiger partial charge in [-0.1, -0.05) is 12.5 Å². The van der Waals surface area contributed by atoms with Crippen molar-refractivity contribution < 1.29 is 0 Å². The SMILES string of the molecule is Cc1cccnc1SC1CCC1. The summed E-state index contributed by atoms with van der Waals surface area (Å²) in [5.74, 6) is 0. The molecular weight excluding hydrogens is 166 g/mol. The molecule has 1 aliphatic rings. The fourth-order valence-corrected chi connectivity index (χ4v) is 2.50. The fourth-order valence-electron chi connectivity index (χ4n) is 1.24. The second-order valence-corrected chi connectivity index (χ2v) is 4.59. The van der Waals surface area contributed by atoms with Crippen molar-refractivity contribution in [3.63, 3.8) is 0 Å². The van der Waals surface area contributed by atoms with Crippen LogP contribution in [0.25, 0.3) is 0 Å². The molecule has 0 bridgehead atoms. The van der Waals surface area contributed by atoms with Gasteiger partial charge in [0, 0.05) is 11.4 Å². The molecule has 1 fully saturated rings. The average Bonchev–Trinajstić information content (AvgIpc) is 2.00. The quantitative estimate of drug-likeness (QED) is 0.692. The lowest BCUT2D eigenvalue weighted by Crippen LogP contribution is -2.13. The third-order valence-corrected chi connectivity index (χ3v) is 3.75. The lowest BCUT2D eigenvalue weighted by molar-refractivity contribution is 0.521. The van der Waals surface area contributed by atoms with Crippen LogP contribution in [0.15, 0.2) is 23.4 Å². The van der Waals surface area contributed by atoms with E-state index in [2.05, 4.69) is 18.0 Å². The van der Waals surface area contributed by atoms with Gasteiger partial charge in [-0.15, -0.1) is 11.8 Å². The third kappa shape index (κ3) is 1.63. The van der Waals surface area contributed by atoms with Crippen molar-refractivity contribution in [3.8, 4) is 0 Å². The summed E-state index contributed by atoms with van der Waals surface area (Å²) in [6, 6.07) is 4.13. The van der Waals surface area contributed by atoms with Gasteiger partial charge in [0.05, 0.1) is 5.03 Å². The number of aromatic nitrogens is 1. The molecule has 0 radical (unpaired) electrons. The summed E-state index contributed by atoms with van der Waals surface area (Å²) in [5, 5.41) is 2.07. The predicted octanol–water partition coefficient (Wildman–Crippen LogP) is 3.03. The summed E-state index contributed by atoms with van der Waals surface area (Å²) in [5.41, 5.74) is 1.31. The molecule has 1 aliphatic carbocycles. The zero-order valence-corrected chi connectivity index (χ0v) is 8.10. The van der Waals surface area contributed by atoms with E-state index in [1.165, 1.54) is 29.9 Å². The van der Waals surface area contributed by atoms with Gasteiger partial charge in [0.25, 0.3) is 0 Å². The molecule has 0 N–H and O–H groups in total. The van der Waals surface area contributed by atoms with Crippen LogP contribution in [-0.2, 0) is 0 Å². The molecule has 2 heteroatoms. The lowest BCUT2D eigenvalue weighted by atomic mass is 10.0. The molecule has 2 rings (SSSR count). The zero-order valence-electron chi connectivity index (χ0n) is 7.29. The number of pyridine rings is 1. The smallest absolute Gasteiger partial charge is 0.0991 e. The van der Waals surface area contributed by atoms with Gasteiger partial charge in [0.15, 0.2) is 0 Å². The largest absolute Gasteiger partial charge is 0.250 e. The normalized spacial score (nSPS) is 17.4. The number of hydrogen-bond acceptors (Lipinski definition) is 2. The van der Waals surface area contributed by atoms with Crippen LogP contribution in [0.1, 0.15) is 24.8 Å². The Labute approximate surface area is 77.6 Å². The van der Waals surface area contributed by atoms with Crippen molar-refractivity contribution in [1.82, 2.24) is 4.98 Å². The monoisotopic (exact) mass is 179 g/mol. The standard InChI is InChI=1S/C10H13NS/c1-8-4-3-7-11-10(8)12-9-5-2-6-9/h3-4,7,9H,2,5-6H2,1H3. The van der Waals surface area contributed by atoms with Crippen molar-refractivity contribution in [2.45, 2.75) is 36.5 Å². The molecule has 0 saturated heterocycles. The predicted molar refractivity (Wildman–Crippen MR) is 52.5 cm³/mol. The number of thioether (sulfide) groups is 1. The van der Waals surface area contributed by atoms with Gasteiger partial charge in [-0.2, -0.15) is 0 Å². The Morgan fingerprint density at radius 1 is 1.50 bits per heavy atom. The summed E-state index contributed by atoms with van der Waals surface area (Å²) < 4.78 is 0. The van der Waals surface area contributed by atoms with Crippen LogP contribution >= 0.6 is 11.8 Å².